The summed E-state index contributed by atoms with van der Waals surface area (Å²) in [7, 11) is 1.39. The highest BCUT2D eigenvalue weighted by Crippen LogP contribution is 2.55. The van der Waals surface area contributed by atoms with Gasteiger partial charge in [0.2, 0.25) is 0 Å². The van der Waals surface area contributed by atoms with Gasteiger partial charge in [-0.1, -0.05) is 51.3 Å². The fourth-order valence-electron chi connectivity index (χ4n) is 7.14. The van der Waals surface area contributed by atoms with Crippen molar-refractivity contribution in [1.82, 2.24) is 5.43 Å². The number of aliphatic hydroxyl groups is 2. The molecule has 3 heterocycles. The molecule has 0 aliphatic carbocycles. The van der Waals surface area contributed by atoms with Gasteiger partial charge < -0.3 is 55.5 Å². The molecular formula is C39H50N6O14. The van der Waals surface area contributed by atoms with Crippen molar-refractivity contribution in [2.45, 2.75) is 85.6 Å². The first-order valence-electron chi connectivity index (χ1n) is 18.4. The monoisotopic (exact) mass is 826 g/mol. The van der Waals surface area contributed by atoms with Crippen LogP contribution in [0.2, 0.25) is 0 Å². The molecular weight excluding hydrogens is 776 g/mol. The lowest BCUT2D eigenvalue weighted by Gasteiger charge is -2.38. The molecule has 59 heavy (non-hydrogen) atoms. The molecule has 3 aliphatic heterocycles. The summed E-state index contributed by atoms with van der Waals surface area (Å²) in [5.41, 5.74) is 5.72. The number of aromatic hydroxyl groups is 3. The van der Waals surface area contributed by atoms with Crippen LogP contribution in [0.25, 0.3) is 10.8 Å². The van der Waals surface area contributed by atoms with Crippen LogP contribution in [-0.2, 0) is 23.8 Å². The number of hydrogen-bond donors (Lipinski definition) is 8. The third-order valence-electron chi connectivity index (χ3n) is 10.6. The summed E-state index contributed by atoms with van der Waals surface area (Å²) in [5, 5.41) is 76.2. The maximum absolute atomic E-state index is 14.3. The van der Waals surface area contributed by atoms with Gasteiger partial charge in [0.25, 0.3) is 17.6 Å². The van der Waals surface area contributed by atoms with Crippen LogP contribution in [0.15, 0.2) is 46.3 Å². The molecule has 5 rings (SSSR count). The average molecular weight is 827 g/mol. The number of phenols is 3. The van der Waals surface area contributed by atoms with Crippen molar-refractivity contribution in [2.24, 2.45) is 39.6 Å². The largest absolute Gasteiger partial charge is 0.507 e. The molecule has 2 aromatic rings. The number of methoxy groups -OCH3 is 1. The second kappa shape index (κ2) is 18.1. The Labute approximate surface area is 338 Å². The van der Waals surface area contributed by atoms with Crippen LogP contribution < -0.4 is 21.2 Å². The summed E-state index contributed by atoms with van der Waals surface area (Å²) in [6.45, 7) is 12.0. The van der Waals surface area contributed by atoms with Gasteiger partial charge in [-0.05, 0) is 19.9 Å². The molecule has 320 valence electrons. The first-order valence-corrected chi connectivity index (χ1v) is 18.4. The van der Waals surface area contributed by atoms with E-state index in [-0.39, 0.29) is 22.4 Å². The van der Waals surface area contributed by atoms with E-state index in [0.717, 1.165) is 12.5 Å². The van der Waals surface area contributed by atoms with E-state index in [1.165, 1.54) is 53.0 Å². The highest BCUT2D eigenvalue weighted by molar-refractivity contribution is 6.23. The van der Waals surface area contributed by atoms with E-state index in [0.29, 0.717) is 0 Å². The van der Waals surface area contributed by atoms with Crippen molar-refractivity contribution in [3.05, 3.63) is 62.9 Å². The number of benzene rings is 2. The van der Waals surface area contributed by atoms with Crippen LogP contribution in [0.1, 0.15) is 70.0 Å². The Hall–Kier alpha value is -6.25. The predicted octanol–water partition coefficient (Wildman–Crippen LogP) is 3.18. The smallest absolute Gasteiger partial charge is 0.312 e. The van der Waals surface area contributed by atoms with Crippen molar-refractivity contribution >= 4 is 46.3 Å². The Morgan fingerprint density at radius 1 is 1.03 bits per heavy atom. The molecule has 20 heteroatoms. The molecule has 0 fully saturated rings. The van der Waals surface area contributed by atoms with Crippen molar-refractivity contribution in [3.8, 4) is 23.0 Å². The highest BCUT2D eigenvalue weighted by atomic mass is 16.7. The number of hydrogen-bond acceptors (Lipinski definition) is 16. The van der Waals surface area contributed by atoms with Crippen molar-refractivity contribution < 1.29 is 63.9 Å². The minimum Gasteiger partial charge on any atom is -0.507 e. The molecule has 0 spiro atoms. The lowest BCUT2D eigenvalue weighted by Crippen LogP contribution is -2.46. The summed E-state index contributed by atoms with van der Waals surface area (Å²) >= 11 is 0. The molecule has 9 atom stereocenters. The topological polar surface area (TPSA) is 307 Å². The van der Waals surface area contributed by atoms with Crippen molar-refractivity contribution in [3.63, 3.8) is 0 Å². The van der Waals surface area contributed by atoms with Gasteiger partial charge in [-0.15, -0.1) is 5.10 Å². The third kappa shape index (κ3) is 9.24. The number of nitrogens with two attached hydrogens (primary N) is 1. The van der Waals surface area contributed by atoms with Crippen LogP contribution in [-0.4, -0.2) is 97.7 Å². The molecule has 0 saturated heterocycles. The Kier molecular flexibility index (Phi) is 14.0. The van der Waals surface area contributed by atoms with Crippen molar-refractivity contribution in [2.75, 3.05) is 12.4 Å². The number of fused-ring (bicyclic) bond motifs is 14. The summed E-state index contributed by atoms with van der Waals surface area (Å²) in [4.78, 5) is 51.0. The molecule has 0 saturated carbocycles. The van der Waals surface area contributed by atoms with Crippen LogP contribution in [0.3, 0.4) is 0 Å². The minimum atomic E-state index is -2.15. The van der Waals surface area contributed by atoms with E-state index in [9.17, 15) is 50.0 Å². The molecule has 9 N–H and O–H groups in total. The van der Waals surface area contributed by atoms with E-state index < -0.39 is 122 Å². The quantitative estimate of drug-likeness (QED) is 0.0408. The number of rotatable bonds is 5. The summed E-state index contributed by atoms with van der Waals surface area (Å²) in [5.74, 6) is -10.4. The number of hydrazine groups is 1. The Bertz CT molecular complexity index is 2170. The van der Waals surface area contributed by atoms with Gasteiger partial charge in [-0.25, -0.2) is 10.1 Å². The molecule has 0 radical (unpaired) electrons. The van der Waals surface area contributed by atoms with E-state index in [2.05, 4.69) is 15.5 Å². The number of esters is 1. The first-order chi connectivity index (χ1) is 27.6. The maximum atomic E-state index is 14.3. The fourth-order valence-corrected chi connectivity index (χ4v) is 7.14. The number of nitrogens with zero attached hydrogens (tertiary/aromatic N) is 3. The predicted molar refractivity (Wildman–Crippen MR) is 213 cm³/mol. The zero-order valence-corrected chi connectivity index (χ0v) is 33.9. The molecule has 20 nitrogen and oxygen atoms in total. The number of nitrogens with one attached hydrogen (secondary N) is 2. The number of allylic oxidation sites excluding steroid dienone is 2. The summed E-state index contributed by atoms with van der Waals surface area (Å²) < 4.78 is 23.3. The van der Waals surface area contributed by atoms with Gasteiger partial charge >= 0.3 is 11.8 Å². The van der Waals surface area contributed by atoms with Crippen LogP contribution in [0.4, 0.5) is 5.69 Å². The van der Waals surface area contributed by atoms with Crippen LogP contribution >= 0.6 is 0 Å². The lowest BCUT2D eigenvalue weighted by molar-refractivity contribution is -0.525. The number of carbonyl (C=O) groups is 3. The van der Waals surface area contributed by atoms with E-state index in [4.69, 9.17) is 24.7 Å². The Morgan fingerprint density at radius 2 is 1.69 bits per heavy atom. The normalized spacial score (nSPS) is 28.3. The molecule has 5 bridgehead atoms. The van der Waals surface area contributed by atoms with Gasteiger partial charge in [0.1, 0.15) is 23.4 Å². The number of amides is 1. The molecule has 3 aliphatic rings. The van der Waals surface area contributed by atoms with Gasteiger partial charge in [0, 0.05) is 61.2 Å². The molecule has 2 aromatic carbocycles. The van der Waals surface area contributed by atoms with E-state index in [1.807, 2.05) is 0 Å². The number of Topliss-reactive ketones (excluding diaryl/α,β-unsaturated/α-hetero) is 1. The highest BCUT2D eigenvalue weighted by Gasteiger charge is 2.50. The fraction of sp³-hybridized carbons (Fsp3) is 0.462. The maximum Gasteiger partial charge on any atom is 0.312 e. The number of ketones is 1. The van der Waals surface area contributed by atoms with E-state index in [1.54, 1.807) is 39.2 Å². The minimum absolute atomic E-state index is 0.0447. The summed E-state index contributed by atoms with van der Waals surface area (Å²) in [6.07, 6.45) is 3.73. The Balaban J connectivity index is 1.99. The third-order valence-corrected chi connectivity index (χ3v) is 10.6. The number of nitro groups is 1. The number of aliphatic hydroxyl groups excluding tert-OH is 2. The van der Waals surface area contributed by atoms with Crippen LogP contribution in [0.5, 0.6) is 23.0 Å². The van der Waals surface area contributed by atoms with Gasteiger partial charge in [-0.3, -0.25) is 14.4 Å². The zero-order valence-electron chi connectivity index (χ0n) is 33.9. The van der Waals surface area contributed by atoms with Gasteiger partial charge in [0.05, 0.1) is 53.0 Å². The second-order valence-corrected chi connectivity index (χ2v) is 14.7. The van der Waals surface area contributed by atoms with E-state index >= 15 is 0 Å². The first kappa shape index (κ1) is 45.5. The van der Waals surface area contributed by atoms with Gasteiger partial charge in [0.15, 0.2) is 10.8 Å². The Morgan fingerprint density at radius 3 is 2.31 bits per heavy atom. The molecule has 0 unspecified atom stereocenters. The second-order valence-electron chi connectivity index (χ2n) is 14.7. The standard InChI is InChI=1S/C39H50N6O14/c1-16-11-10-12-17(2)37(53)42-28-23(15-41-43-38(40)44-45(54)55)32(50)25-26(33(28)51)31(49)21(6)35-27(25)36(52)39(8,59-35)57-14-13-24(56-9)18(3)34(58-22(7)46)20(5)30(48)19(4)29(16)47/h10-16,18-20,24,29-30,34,47-51H,1-9H3,(H,42,53)(H3,40,43,44)/t16-,18-,19-,20-,24+,29-,30-,34-,39-/m0/s1. The number of guanidine groups is 1. The van der Waals surface area contributed by atoms with Crippen LogP contribution in [0, 0.1) is 40.7 Å². The SMILES string of the molecule is CO[C@@H]1C=CO[C@@]2(C)Oc3c(C)c(O)c4c(O)c(c(C=NN=C(N)N[N+](=O)[O-])c(O)c4c3C2=O)NC(=O)C(C)=CC=C[C@H](C)[C@H](O)[C@H](C)[C@H](O)[C@H](C)[C@@H](OC(C)=O)[C@H]1C. The molecule has 1 amide bonds. The van der Waals surface area contributed by atoms with Gasteiger partial charge in [-0.2, -0.15) is 5.10 Å². The number of phenolic OH excluding ortho intramolecular Hbond substituents is 3. The lowest BCUT2D eigenvalue weighted by atomic mass is 9.78. The number of carbonyl (C=O) groups excluding carboxylic acids is 3. The number of anilines is 1. The van der Waals surface area contributed by atoms with Crippen molar-refractivity contribution in [1.29, 1.82) is 0 Å². The zero-order chi connectivity index (χ0) is 44.3. The molecule has 0 aromatic heterocycles. The number of ether oxygens (including phenoxy) is 4. The summed E-state index contributed by atoms with van der Waals surface area (Å²) in [6, 6.07) is 0. The average Bonchev–Trinajstić information content (AvgIpc) is 3.43.